The number of hydrogen-bond acceptors (Lipinski definition) is 10. The molecule has 12 nitrogen and oxygen atoms in total. The molecular weight excluding hydrogens is 616 g/mol. The van der Waals surface area contributed by atoms with Crippen LogP contribution in [0.3, 0.4) is 0 Å². The number of imide groups is 1. The van der Waals surface area contributed by atoms with Gasteiger partial charge < -0.3 is 21.3 Å². The lowest BCUT2D eigenvalue weighted by molar-refractivity contribution is -0.130. The second kappa shape index (κ2) is 15.6. The normalized spacial score (nSPS) is 19.1. The first-order valence-corrected chi connectivity index (χ1v) is 16.1. The quantitative estimate of drug-likeness (QED) is 0.243. The molecule has 248 valence electrons. The van der Waals surface area contributed by atoms with E-state index >= 15 is 0 Å². The molecule has 2 amide bonds. The smallest absolute Gasteiger partial charge is 0.251 e. The minimum atomic E-state index is -0.906. The van der Waals surface area contributed by atoms with E-state index in [1.165, 1.54) is 4.90 Å². The van der Waals surface area contributed by atoms with Crippen molar-refractivity contribution in [1.29, 1.82) is 0 Å². The van der Waals surface area contributed by atoms with Gasteiger partial charge in [0.05, 0.1) is 11.7 Å². The van der Waals surface area contributed by atoms with Gasteiger partial charge in [-0.25, -0.2) is 9.88 Å². The van der Waals surface area contributed by atoms with Crippen LogP contribution in [0.2, 0.25) is 0 Å². The first-order chi connectivity index (χ1) is 22.4. The Morgan fingerprint density at radius 2 is 1.57 bits per heavy atom. The van der Waals surface area contributed by atoms with Crippen molar-refractivity contribution in [2.45, 2.75) is 38.1 Å². The number of rotatable bonds is 9. The lowest BCUT2D eigenvalue weighted by Crippen LogP contribution is -2.50. The maximum absolute atomic E-state index is 13.9. The van der Waals surface area contributed by atoms with Crippen molar-refractivity contribution in [2.24, 2.45) is 23.3 Å². The first-order valence-electron chi connectivity index (χ1n) is 16.1. The van der Waals surface area contributed by atoms with Crippen molar-refractivity contribution in [2.75, 3.05) is 49.6 Å². The van der Waals surface area contributed by atoms with Crippen LogP contribution in [-0.4, -0.2) is 88.1 Å². The molecule has 1 saturated heterocycles. The topological polar surface area (TPSA) is 163 Å². The SMILES string of the molecule is CN1CCN(c2ccc(-c3ccc(C[C@H](N)C(=O)N(C(=O)C4CCC(CN)CC4)c4ccc(-c5nn[nH]n5)cc4)cc3)cn2)CC1.Cl. The number of carbonyl (C=O) groups is 2. The maximum Gasteiger partial charge on any atom is 0.251 e. The van der Waals surface area contributed by atoms with Gasteiger partial charge in [0.2, 0.25) is 11.7 Å². The Labute approximate surface area is 281 Å². The van der Waals surface area contributed by atoms with Crippen molar-refractivity contribution in [3.8, 4) is 22.5 Å². The molecule has 1 atom stereocenters. The summed E-state index contributed by atoms with van der Waals surface area (Å²) >= 11 is 0. The Bertz CT molecular complexity index is 1580. The number of benzene rings is 2. The standard InChI is InChI=1S/C34H42N10O2.ClH/c1-42-16-18-43(19-17-42)31-15-12-28(22-37-31)25-6-2-23(3-7-25)20-30(36)34(46)44(33(45)27-8-4-24(21-35)5-9-27)29-13-10-26(11-14-29)32-38-40-41-39-32;/h2-3,6-7,10-15,22,24,27,30H,4-5,8-9,16-21,35-36H2,1H3,(H,38,39,40,41);1H/t24?,27?,30-;/m0./s1. The van der Waals surface area contributed by atoms with E-state index < -0.39 is 11.9 Å². The number of nitrogens with one attached hydrogen (secondary N) is 1. The van der Waals surface area contributed by atoms with Crippen molar-refractivity contribution >= 4 is 35.7 Å². The number of anilines is 2. The molecule has 1 aliphatic heterocycles. The molecule has 5 N–H and O–H groups in total. The van der Waals surface area contributed by atoms with Crippen molar-refractivity contribution in [3.05, 3.63) is 72.4 Å². The minimum absolute atomic E-state index is 0. The highest BCUT2D eigenvalue weighted by atomic mass is 35.5. The van der Waals surface area contributed by atoms with Crippen LogP contribution < -0.4 is 21.3 Å². The number of nitrogens with two attached hydrogens (primary N) is 2. The second-order valence-electron chi connectivity index (χ2n) is 12.5. The number of amides is 2. The number of hydrogen-bond donors (Lipinski definition) is 3. The van der Waals surface area contributed by atoms with Gasteiger partial charge in [0.1, 0.15) is 5.82 Å². The van der Waals surface area contributed by atoms with E-state index in [-0.39, 0.29) is 24.2 Å². The molecule has 0 bridgehead atoms. The van der Waals surface area contributed by atoms with E-state index in [1.807, 2.05) is 30.5 Å². The number of halogens is 1. The molecule has 1 aliphatic carbocycles. The maximum atomic E-state index is 13.9. The molecule has 6 rings (SSSR count). The summed E-state index contributed by atoms with van der Waals surface area (Å²) in [6, 6.07) is 18.3. The zero-order valence-electron chi connectivity index (χ0n) is 26.7. The number of nitrogens with zero attached hydrogens (tertiary/aromatic N) is 7. The molecule has 0 spiro atoms. The van der Waals surface area contributed by atoms with E-state index in [9.17, 15) is 9.59 Å². The molecule has 0 unspecified atom stereocenters. The Morgan fingerprint density at radius 3 is 2.17 bits per heavy atom. The van der Waals surface area contributed by atoms with E-state index in [0.29, 0.717) is 48.8 Å². The number of likely N-dealkylation sites (N-methyl/N-ethyl adjacent to an activating group) is 1. The summed E-state index contributed by atoms with van der Waals surface area (Å²) in [5, 5.41) is 14.1. The second-order valence-corrected chi connectivity index (χ2v) is 12.5. The molecule has 2 aromatic carbocycles. The zero-order valence-corrected chi connectivity index (χ0v) is 27.5. The predicted molar refractivity (Wildman–Crippen MR) is 185 cm³/mol. The Balaban J connectivity index is 0.00000433. The van der Waals surface area contributed by atoms with Gasteiger partial charge in [-0.2, -0.15) is 5.21 Å². The summed E-state index contributed by atoms with van der Waals surface area (Å²) in [5.41, 5.74) is 16.6. The Kier molecular flexibility index (Phi) is 11.3. The Hall–Kier alpha value is -4.23. The third-order valence-electron chi connectivity index (χ3n) is 9.33. The third kappa shape index (κ3) is 8.02. The van der Waals surface area contributed by atoms with Crippen LogP contribution in [0.25, 0.3) is 22.5 Å². The van der Waals surface area contributed by atoms with Crippen LogP contribution >= 0.6 is 12.4 Å². The minimum Gasteiger partial charge on any atom is -0.354 e. The zero-order chi connectivity index (χ0) is 32.0. The molecule has 47 heavy (non-hydrogen) atoms. The fraction of sp³-hybridized carbons (Fsp3) is 0.412. The molecule has 2 aromatic heterocycles. The molecule has 2 fully saturated rings. The first kappa shape index (κ1) is 34.1. The fourth-order valence-electron chi connectivity index (χ4n) is 6.35. The molecule has 1 saturated carbocycles. The highest BCUT2D eigenvalue weighted by Gasteiger charge is 2.35. The molecular formula is C34H43ClN10O2. The number of carbonyl (C=O) groups excluding carboxylic acids is 2. The number of tetrazole rings is 1. The van der Waals surface area contributed by atoms with Crippen LogP contribution in [0, 0.1) is 11.8 Å². The Morgan fingerprint density at radius 1 is 0.915 bits per heavy atom. The highest BCUT2D eigenvalue weighted by molar-refractivity contribution is 6.17. The van der Waals surface area contributed by atoms with E-state index in [1.54, 1.807) is 24.3 Å². The molecule has 13 heteroatoms. The molecule has 4 aromatic rings. The van der Waals surface area contributed by atoms with Crippen LogP contribution in [-0.2, 0) is 16.0 Å². The number of H-pyrrole nitrogens is 1. The van der Waals surface area contributed by atoms with E-state index in [0.717, 1.165) is 61.5 Å². The van der Waals surface area contributed by atoms with Crippen molar-refractivity contribution in [3.63, 3.8) is 0 Å². The average molecular weight is 659 g/mol. The van der Waals surface area contributed by atoms with Crippen molar-refractivity contribution in [1.82, 2.24) is 30.5 Å². The van der Waals surface area contributed by atoms with Crippen LogP contribution in [0.5, 0.6) is 0 Å². The molecule has 0 radical (unpaired) electrons. The van der Waals surface area contributed by atoms with E-state index in [2.05, 4.69) is 49.6 Å². The van der Waals surface area contributed by atoms with Gasteiger partial charge in [-0.3, -0.25) is 9.59 Å². The lowest BCUT2D eigenvalue weighted by Gasteiger charge is -2.33. The number of aromatic amines is 1. The van der Waals surface area contributed by atoms with Crippen molar-refractivity contribution < 1.29 is 9.59 Å². The summed E-state index contributed by atoms with van der Waals surface area (Å²) < 4.78 is 0. The van der Waals surface area contributed by atoms with Gasteiger partial charge in [0.15, 0.2) is 0 Å². The fourth-order valence-corrected chi connectivity index (χ4v) is 6.35. The number of aromatic nitrogens is 5. The van der Waals surface area contributed by atoms with Gasteiger partial charge in [-0.1, -0.05) is 24.3 Å². The molecule has 3 heterocycles. The van der Waals surface area contributed by atoms with Gasteiger partial charge in [-0.05, 0) is 104 Å². The van der Waals surface area contributed by atoms with Crippen LogP contribution in [0.1, 0.15) is 31.2 Å². The monoisotopic (exact) mass is 658 g/mol. The highest BCUT2D eigenvalue weighted by Crippen LogP contribution is 2.32. The van der Waals surface area contributed by atoms with Gasteiger partial charge in [0.25, 0.3) is 5.91 Å². The molecule has 2 aliphatic rings. The summed E-state index contributed by atoms with van der Waals surface area (Å²) in [6.07, 6.45) is 5.35. The number of pyridine rings is 1. The third-order valence-corrected chi connectivity index (χ3v) is 9.33. The van der Waals surface area contributed by atoms with E-state index in [4.69, 9.17) is 16.5 Å². The predicted octanol–water partition coefficient (Wildman–Crippen LogP) is 3.30. The van der Waals surface area contributed by atoms with Gasteiger partial charge in [-0.15, -0.1) is 22.6 Å². The number of piperazine rings is 1. The summed E-state index contributed by atoms with van der Waals surface area (Å²) in [5.74, 6) is 0.938. The van der Waals surface area contributed by atoms with Gasteiger partial charge in [0, 0.05) is 49.4 Å². The van der Waals surface area contributed by atoms with Crippen LogP contribution in [0.4, 0.5) is 11.5 Å². The lowest BCUT2D eigenvalue weighted by atomic mass is 9.81. The van der Waals surface area contributed by atoms with Gasteiger partial charge >= 0.3 is 0 Å². The average Bonchev–Trinajstić information content (AvgIpc) is 3.65. The summed E-state index contributed by atoms with van der Waals surface area (Å²) in [4.78, 5) is 38.5. The summed E-state index contributed by atoms with van der Waals surface area (Å²) in [7, 11) is 2.14. The van der Waals surface area contributed by atoms with Crippen LogP contribution in [0.15, 0.2) is 66.9 Å². The largest absolute Gasteiger partial charge is 0.354 e. The summed E-state index contributed by atoms with van der Waals surface area (Å²) in [6.45, 7) is 4.63.